The molecule has 134 valence electrons. The van der Waals surface area contributed by atoms with Crippen LogP contribution in [-0.4, -0.2) is 30.0 Å². The van der Waals surface area contributed by atoms with Crippen LogP contribution in [0.15, 0.2) is 54.7 Å². The van der Waals surface area contributed by atoms with Crippen molar-refractivity contribution < 1.29 is 18.7 Å². The number of hydrogen-bond acceptors (Lipinski definition) is 3. The largest absolute Gasteiger partial charge is 0.455 e. The van der Waals surface area contributed by atoms with E-state index in [0.29, 0.717) is 12.2 Å². The van der Waals surface area contributed by atoms with Gasteiger partial charge in [0.25, 0.3) is 5.91 Å². The molecule has 0 aliphatic heterocycles. The Morgan fingerprint density at radius 1 is 1.12 bits per heavy atom. The van der Waals surface area contributed by atoms with Crippen LogP contribution in [-0.2, 0) is 20.7 Å². The average Bonchev–Trinajstić information content (AvgIpc) is 3.05. The van der Waals surface area contributed by atoms with Crippen molar-refractivity contribution in [1.29, 1.82) is 0 Å². The molecule has 0 bridgehead atoms. The molecule has 5 nitrogen and oxygen atoms in total. The Morgan fingerprint density at radius 2 is 1.85 bits per heavy atom. The number of likely N-dealkylation sites (N-methyl/N-ethyl adjacent to an activating group) is 1. The summed E-state index contributed by atoms with van der Waals surface area (Å²) in [6.45, 7) is 1.84. The lowest BCUT2D eigenvalue weighted by Crippen LogP contribution is -2.34. The summed E-state index contributed by atoms with van der Waals surface area (Å²) in [7, 11) is 0. The summed E-state index contributed by atoms with van der Waals surface area (Å²) in [5, 5.41) is 0.956. The maximum atomic E-state index is 13.0. The Morgan fingerprint density at radius 3 is 2.58 bits per heavy atom. The molecule has 0 saturated carbocycles. The van der Waals surface area contributed by atoms with Gasteiger partial charge in [0.2, 0.25) is 0 Å². The van der Waals surface area contributed by atoms with Crippen LogP contribution in [0.1, 0.15) is 12.5 Å². The number of H-pyrrole nitrogens is 1. The van der Waals surface area contributed by atoms with Gasteiger partial charge in [0.1, 0.15) is 5.82 Å². The standard InChI is InChI=1S/C20H19FN2O3/c1-2-23(16-9-7-15(21)8-10-16)19(24)13-26-20(25)11-14-12-22-18-6-4-3-5-17(14)18/h3-10,12,22H,2,11,13H2,1H3. The van der Waals surface area contributed by atoms with Gasteiger partial charge in [-0.25, -0.2) is 4.39 Å². The minimum absolute atomic E-state index is 0.0833. The Hall–Kier alpha value is -3.15. The fourth-order valence-corrected chi connectivity index (χ4v) is 2.83. The number of nitrogens with one attached hydrogen (secondary N) is 1. The summed E-state index contributed by atoms with van der Waals surface area (Å²) < 4.78 is 18.2. The highest BCUT2D eigenvalue weighted by Crippen LogP contribution is 2.19. The van der Waals surface area contributed by atoms with Crippen LogP contribution >= 0.6 is 0 Å². The molecule has 0 saturated heterocycles. The Kier molecular flexibility index (Phi) is 5.31. The van der Waals surface area contributed by atoms with E-state index < -0.39 is 5.97 Å². The third-order valence-corrected chi connectivity index (χ3v) is 4.12. The normalized spacial score (nSPS) is 10.7. The maximum Gasteiger partial charge on any atom is 0.310 e. The smallest absolute Gasteiger partial charge is 0.310 e. The van der Waals surface area contributed by atoms with Crippen LogP contribution < -0.4 is 4.90 Å². The van der Waals surface area contributed by atoms with Gasteiger partial charge < -0.3 is 14.6 Å². The lowest BCUT2D eigenvalue weighted by molar-refractivity contribution is -0.147. The van der Waals surface area contributed by atoms with Gasteiger partial charge in [0.05, 0.1) is 6.42 Å². The molecule has 6 heteroatoms. The molecule has 1 heterocycles. The van der Waals surface area contributed by atoms with Crippen LogP contribution in [0.4, 0.5) is 10.1 Å². The maximum absolute atomic E-state index is 13.0. The van der Waals surface area contributed by atoms with E-state index in [9.17, 15) is 14.0 Å². The van der Waals surface area contributed by atoms with Crippen molar-refractivity contribution in [3.8, 4) is 0 Å². The van der Waals surface area contributed by atoms with E-state index in [2.05, 4.69) is 4.98 Å². The van der Waals surface area contributed by atoms with Gasteiger partial charge >= 0.3 is 5.97 Å². The topological polar surface area (TPSA) is 62.4 Å². The van der Waals surface area contributed by atoms with Crippen molar-refractivity contribution in [2.75, 3.05) is 18.1 Å². The number of para-hydroxylation sites is 1. The zero-order valence-electron chi connectivity index (χ0n) is 14.4. The fourth-order valence-electron chi connectivity index (χ4n) is 2.83. The van der Waals surface area contributed by atoms with Crippen molar-refractivity contribution in [3.63, 3.8) is 0 Å². The van der Waals surface area contributed by atoms with Crippen molar-refractivity contribution in [2.45, 2.75) is 13.3 Å². The number of amides is 1. The van der Waals surface area contributed by atoms with E-state index in [1.54, 1.807) is 13.1 Å². The quantitative estimate of drug-likeness (QED) is 0.690. The molecule has 1 N–H and O–H groups in total. The molecule has 0 radical (unpaired) electrons. The molecule has 0 spiro atoms. The highest BCUT2D eigenvalue weighted by atomic mass is 19.1. The molecule has 2 aromatic carbocycles. The number of anilines is 1. The first-order valence-electron chi connectivity index (χ1n) is 8.35. The summed E-state index contributed by atoms with van der Waals surface area (Å²) in [6.07, 6.45) is 1.85. The van der Waals surface area contributed by atoms with Crippen molar-refractivity contribution in [1.82, 2.24) is 4.98 Å². The molecule has 0 unspecified atom stereocenters. The molecule has 0 aliphatic rings. The Balaban J connectivity index is 1.59. The summed E-state index contributed by atoms with van der Waals surface area (Å²) in [5.41, 5.74) is 2.33. The minimum atomic E-state index is -0.474. The molecular weight excluding hydrogens is 335 g/mol. The summed E-state index contributed by atoms with van der Waals surface area (Å²) in [4.78, 5) is 29.0. The van der Waals surface area contributed by atoms with Crippen molar-refractivity contribution >= 4 is 28.5 Å². The number of aromatic amines is 1. The highest BCUT2D eigenvalue weighted by Gasteiger charge is 2.17. The zero-order chi connectivity index (χ0) is 18.5. The molecular formula is C20H19FN2O3. The second-order valence-corrected chi connectivity index (χ2v) is 5.81. The third kappa shape index (κ3) is 3.91. The Bertz CT molecular complexity index is 918. The molecule has 3 rings (SSSR count). The lowest BCUT2D eigenvalue weighted by atomic mass is 10.1. The number of carbonyl (C=O) groups is 2. The zero-order valence-corrected chi connectivity index (χ0v) is 14.4. The van der Waals surface area contributed by atoms with Gasteiger partial charge in [-0.2, -0.15) is 0 Å². The first-order valence-corrected chi connectivity index (χ1v) is 8.35. The molecule has 0 aliphatic carbocycles. The number of benzene rings is 2. The number of nitrogens with zero attached hydrogens (tertiary/aromatic N) is 1. The van der Waals surface area contributed by atoms with E-state index >= 15 is 0 Å². The van der Waals surface area contributed by atoms with E-state index in [0.717, 1.165) is 16.5 Å². The molecule has 26 heavy (non-hydrogen) atoms. The predicted molar refractivity (Wildman–Crippen MR) is 97.4 cm³/mol. The number of halogens is 1. The van der Waals surface area contributed by atoms with Crippen LogP contribution in [0.25, 0.3) is 10.9 Å². The first kappa shape index (κ1) is 17.7. The number of rotatable bonds is 6. The molecule has 1 amide bonds. The van der Waals surface area contributed by atoms with Crippen LogP contribution in [0.3, 0.4) is 0 Å². The highest BCUT2D eigenvalue weighted by molar-refractivity contribution is 5.95. The number of aromatic nitrogens is 1. The van der Waals surface area contributed by atoms with Gasteiger partial charge in [0, 0.05) is 29.3 Å². The second-order valence-electron chi connectivity index (χ2n) is 5.81. The average molecular weight is 354 g/mol. The third-order valence-electron chi connectivity index (χ3n) is 4.12. The number of fused-ring (bicyclic) bond motifs is 1. The molecule has 0 fully saturated rings. The van der Waals surface area contributed by atoms with Crippen LogP contribution in [0.5, 0.6) is 0 Å². The summed E-state index contributed by atoms with van der Waals surface area (Å²) in [5.74, 6) is -1.20. The fraction of sp³-hybridized carbons (Fsp3) is 0.200. The van der Waals surface area contributed by atoms with Gasteiger partial charge in [-0.15, -0.1) is 0 Å². The van der Waals surface area contributed by atoms with Gasteiger partial charge in [-0.05, 0) is 42.8 Å². The van der Waals surface area contributed by atoms with E-state index in [1.165, 1.54) is 29.2 Å². The van der Waals surface area contributed by atoms with E-state index in [4.69, 9.17) is 4.74 Å². The van der Waals surface area contributed by atoms with E-state index in [1.807, 2.05) is 24.3 Å². The number of carbonyl (C=O) groups excluding carboxylic acids is 2. The Labute approximate surface area is 150 Å². The van der Waals surface area contributed by atoms with Crippen molar-refractivity contribution in [2.24, 2.45) is 0 Å². The summed E-state index contributed by atoms with van der Waals surface area (Å²) >= 11 is 0. The number of ether oxygens (including phenoxy) is 1. The van der Waals surface area contributed by atoms with Crippen molar-refractivity contribution in [3.05, 3.63) is 66.1 Å². The van der Waals surface area contributed by atoms with Crippen LogP contribution in [0.2, 0.25) is 0 Å². The van der Waals surface area contributed by atoms with Gasteiger partial charge in [0.15, 0.2) is 6.61 Å². The number of esters is 1. The SMILES string of the molecule is CCN(C(=O)COC(=O)Cc1c[nH]c2ccccc12)c1ccc(F)cc1. The monoisotopic (exact) mass is 354 g/mol. The molecule has 3 aromatic rings. The van der Waals surface area contributed by atoms with Gasteiger partial charge in [-0.1, -0.05) is 18.2 Å². The van der Waals surface area contributed by atoms with E-state index in [-0.39, 0.29) is 24.8 Å². The second kappa shape index (κ2) is 7.82. The summed E-state index contributed by atoms with van der Waals surface area (Å²) in [6, 6.07) is 13.3. The number of hydrogen-bond donors (Lipinski definition) is 1. The molecule has 0 atom stereocenters. The van der Waals surface area contributed by atoms with Crippen LogP contribution in [0, 0.1) is 5.82 Å². The predicted octanol–water partition coefficient (Wildman–Crippen LogP) is 3.45. The molecule has 1 aromatic heterocycles. The lowest BCUT2D eigenvalue weighted by Gasteiger charge is -2.20. The minimum Gasteiger partial charge on any atom is -0.455 e. The first-order chi connectivity index (χ1) is 12.6. The van der Waals surface area contributed by atoms with Gasteiger partial charge in [-0.3, -0.25) is 9.59 Å².